The Morgan fingerprint density at radius 3 is 2.43 bits per heavy atom. The summed E-state index contributed by atoms with van der Waals surface area (Å²) in [6.45, 7) is -0.299. The summed E-state index contributed by atoms with van der Waals surface area (Å²) in [5.41, 5.74) is 0.764. The normalized spacial score (nSPS) is 13.3. The molecule has 0 saturated carbocycles. The number of carbonyl (C=O) groups excluding carboxylic acids is 3. The second-order valence-electron chi connectivity index (χ2n) is 6.04. The lowest BCUT2D eigenvalue weighted by atomic mass is 10.1. The Labute approximate surface area is 182 Å². The van der Waals surface area contributed by atoms with Gasteiger partial charge in [0, 0.05) is 16.3 Å². The van der Waals surface area contributed by atoms with Crippen LogP contribution in [-0.4, -0.2) is 36.6 Å². The Kier molecular flexibility index (Phi) is 6.65. The molecule has 3 N–H and O–H groups in total. The topological polar surface area (TPSA) is 106 Å². The molecule has 154 valence electrons. The molecule has 0 unspecified atom stereocenters. The fourth-order valence-corrected chi connectivity index (χ4v) is 2.91. The van der Waals surface area contributed by atoms with E-state index in [4.69, 9.17) is 33.3 Å². The molecule has 3 amide bonds. The number of benzene rings is 2. The monoisotopic (exact) mass is 445 g/mol. The molecule has 8 nitrogen and oxygen atoms in total. The number of halogens is 1. The molecular weight excluding hydrogens is 430 g/mol. The second kappa shape index (κ2) is 9.38. The highest BCUT2D eigenvalue weighted by atomic mass is 35.5. The molecule has 1 heterocycles. The molecule has 0 aromatic heterocycles. The molecule has 0 spiro atoms. The number of methoxy groups -OCH3 is 1. The first-order valence-corrected chi connectivity index (χ1v) is 9.39. The first-order valence-electron chi connectivity index (χ1n) is 8.60. The fourth-order valence-electron chi connectivity index (χ4n) is 2.54. The van der Waals surface area contributed by atoms with E-state index < -0.39 is 17.7 Å². The highest BCUT2D eigenvalue weighted by molar-refractivity contribution is 7.80. The highest BCUT2D eigenvalue weighted by Crippen LogP contribution is 2.26. The number of hydrogen-bond acceptors (Lipinski definition) is 6. The van der Waals surface area contributed by atoms with Crippen LogP contribution < -0.4 is 25.4 Å². The van der Waals surface area contributed by atoms with Crippen LogP contribution in [0.3, 0.4) is 0 Å². The standard InChI is InChI=1S/C20H16ClN3O5S/c1-28-14-5-3-13(4-6-14)22-17(25)10-29-16-7-2-12(21)8-11(16)9-15-18(26)23-20(30)24-19(15)27/h2-9H,10H2,1H3,(H,22,25)(H2,23,24,26,27,30). The zero-order chi connectivity index (χ0) is 21.7. The molecule has 3 rings (SSSR count). The molecular formula is C20H16ClN3O5S. The van der Waals surface area contributed by atoms with Crippen molar-refractivity contribution in [3.63, 3.8) is 0 Å². The Balaban J connectivity index is 1.72. The van der Waals surface area contributed by atoms with E-state index in [1.807, 2.05) is 0 Å². The predicted molar refractivity (Wildman–Crippen MR) is 115 cm³/mol. The van der Waals surface area contributed by atoms with Crippen LogP contribution in [0.4, 0.5) is 5.69 Å². The van der Waals surface area contributed by atoms with E-state index in [9.17, 15) is 14.4 Å². The van der Waals surface area contributed by atoms with Gasteiger partial charge in [0.05, 0.1) is 7.11 Å². The van der Waals surface area contributed by atoms with Crippen LogP contribution in [0, 0.1) is 0 Å². The van der Waals surface area contributed by atoms with Crippen molar-refractivity contribution in [3.8, 4) is 11.5 Å². The smallest absolute Gasteiger partial charge is 0.263 e. The number of amides is 3. The maximum absolute atomic E-state index is 12.2. The predicted octanol–water partition coefficient (Wildman–Crippen LogP) is 2.28. The number of carbonyl (C=O) groups is 3. The van der Waals surface area contributed by atoms with Crippen LogP contribution in [0.5, 0.6) is 11.5 Å². The van der Waals surface area contributed by atoms with Crippen LogP contribution >= 0.6 is 23.8 Å². The lowest BCUT2D eigenvalue weighted by Crippen LogP contribution is -2.51. The van der Waals surface area contributed by atoms with E-state index in [1.54, 1.807) is 43.5 Å². The van der Waals surface area contributed by atoms with Gasteiger partial charge in [0.25, 0.3) is 17.7 Å². The van der Waals surface area contributed by atoms with Gasteiger partial charge in [0.2, 0.25) is 0 Å². The van der Waals surface area contributed by atoms with Crippen molar-refractivity contribution in [2.45, 2.75) is 0 Å². The minimum absolute atomic E-state index is 0.0695. The third-order valence-electron chi connectivity index (χ3n) is 3.95. The highest BCUT2D eigenvalue weighted by Gasteiger charge is 2.26. The van der Waals surface area contributed by atoms with Crippen molar-refractivity contribution in [3.05, 3.63) is 58.6 Å². The Hall–Kier alpha value is -3.43. The summed E-state index contributed by atoms with van der Waals surface area (Å²) < 4.78 is 10.6. The van der Waals surface area contributed by atoms with Crippen LogP contribution in [0.15, 0.2) is 48.0 Å². The van der Waals surface area contributed by atoms with E-state index in [0.717, 1.165) is 0 Å². The van der Waals surface area contributed by atoms with Crippen LogP contribution in [-0.2, 0) is 14.4 Å². The molecule has 1 saturated heterocycles. The molecule has 1 aliphatic heterocycles. The first kappa shape index (κ1) is 21.3. The lowest BCUT2D eigenvalue weighted by Gasteiger charge is -2.17. The summed E-state index contributed by atoms with van der Waals surface area (Å²) in [7, 11) is 1.55. The van der Waals surface area contributed by atoms with Gasteiger partial charge >= 0.3 is 0 Å². The molecule has 1 aliphatic rings. The second-order valence-corrected chi connectivity index (χ2v) is 6.89. The number of anilines is 1. The Bertz CT molecular complexity index is 1030. The zero-order valence-electron chi connectivity index (χ0n) is 15.7. The quantitative estimate of drug-likeness (QED) is 0.358. The molecule has 1 fully saturated rings. The zero-order valence-corrected chi connectivity index (χ0v) is 17.2. The summed E-state index contributed by atoms with van der Waals surface area (Å²) in [4.78, 5) is 36.3. The van der Waals surface area contributed by atoms with Crippen molar-refractivity contribution in [1.29, 1.82) is 0 Å². The number of hydrogen-bond donors (Lipinski definition) is 3. The summed E-state index contributed by atoms with van der Waals surface area (Å²) in [5.74, 6) is -0.753. The third-order valence-corrected chi connectivity index (χ3v) is 4.39. The van der Waals surface area contributed by atoms with Gasteiger partial charge in [-0.25, -0.2) is 0 Å². The summed E-state index contributed by atoms with van der Waals surface area (Å²) >= 11 is 10.8. The van der Waals surface area contributed by atoms with E-state index in [-0.39, 0.29) is 23.0 Å². The Morgan fingerprint density at radius 2 is 1.80 bits per heavy atom. The van der Waals surface area contributed by atoms with Crippen LogP contribution in [0.1, 0.15) is 5.56 Å². The van der Waals surface area contributed by atoms with Crippen molar-refractivity contribution in [2.24, 2.45) is 0 Å². The van der Waals surface area contributed by atoms with Crippen LogP contribution in [0.25, 0.3) is 6.08 Å². The number of rotatable bonds is 6. The van der Waals surface area contributed by atoms with E-state index >= 15 is 0 Å². The van der Waals surface area contributed by atoms with Gasteiger partial charge in [0.1, 0.15) is 17.1 Å². The van der Waals surface area contributed by atoms with E-state index in [0.29, 0.717) is 22.0 Å². The molecule has 30 heavy (non-hydrogen) atoms. The van der Waals surface area contributed by atoms with Gasteiger partial charge in [0.15, 0.2) is 11.7 Å². The lowest BCUT2D eigenvalue weighted by molar-refractivity contribution is -0.123. The Morgan fingerprint density at radius 1 is 1.13 bits per heavy atom. The van der Waals surface area contributed by atoms with Gasteiger partial charge in [-0.2, -0.15) is 0 Å². The van der Waals surface area contributed by atoms with Gasteiger partial charge < -0.3 is 14.8 Å². The SMILES string of the molecule is COc1ccc(NC(=O)COc2ccc(Cl)cc2C=C2C(=O)NC(=S)NC2=O)cc1. The third kappa shape index (κ3) is 5.34. The van der Waals surface area contributed by atoms with Crippen molar-refractivity contribution in [2.75, 3.05) is 19.0 Å². The molecule has 0 radical (unpaired) electrons. The van der Waals surface area contributed by atoms with E-state index in [2.05, 4.69) is 16.0 Å². The molecule has 0 bridgehead atoms. The number of nitrogens with one attached hydrogen (secondary N) is 3. The number of thiocarbonyl (C=S) groups is 1. The molecule has 10 heteroatoms. The van der Waals surface area contributed by atoms with Crippen molar-refractivity contribution >= 4 is 58.4 Å². The van der Waals surface area contributed by atoms with Crippen molar-refractivity contribution < 1.29 is 23.9 Å². The fraction of sp³-hybridized carbons (Fsp3) is 0.100. The largest absolute Gasteiger partial charge is 0.497 e. The minimum atomic E-state index is -0.646. The summed E-state index contributed by atoms with van der Waals surface area (Å²) in [6, 6.07) is 11.4. The minimum Gasteiger partial charge on any atom is -0.497 e. The maximum atomic E-state index is 12.2. The van der Waals surface area contributed by atoms with Gasteiger partial charge in [-0.05, 0) is 60.8 Å². The van der Waals surface area contributed by atoms with Gasteiger partial charge in [-0.3, -0.25) is 25.0 Å². The van der Waals surface area contributed by atoms with E-state index in [1.165, 1.54) is 12.1 Å². The molecule has 2 aromatic rings. The molecule has 2 aromatic carbocycles. The maximum Gasteiger partial charge on any atom is 0.263 e. The van der Waals surface area contributed by atoms with Gasteiger partial charge in [-0.15, -0.1) is 0 Å². The first-order chi connectivity index (χ1) is 14.4. The average Bonchev–Trinajstić information content (AvgIpc) is 2.70. The molecule has 0 aliphatic carbocycles. The number of ether oxygens (including phenoxy) is 2. The van der Waals surface area contributed by atoms with Crippen molar-refractivity contribution in [1.82, 2.24) is 10.6 Å². The summed E-state index contributed by atoms with van der Waals surface area (Å²) in [5, 5.41) is 7.68. The van der Waals surface area contributed by atoms with Crippen LogP contribution in [0.2, 0.25) is 5.02 Å². The molecule has 0 atom stereocenters. The average molecular weight is 446 g/mol. The summed E-state index contributed by atoms with van der Waals surface area (Å²) in [6.07, 6.45) is 1.31. The van der Waals surface area contributed by atoms with Gasteiger partial charge in [-0.1, -0.05) is 11.6 Å².